The van der Waals surface area contributed by atoms with Crippen LogP contribution in [0.15, 0.2) is 364 Å². The van der Waals surface area contributed by atoms with Crippen LogP contribution in [0.1, 0.15) is 89.0 Å². The van der Waals surface area contributed by atoms with Crippen LogP contribution >= 0.6 is 0 Å². The maximum atomic E-state index is 2.30. The summed E-state index contributed by atoms with van der Waals surface area (Å²) in [5.41, 5.74) is 21.5. The molecule has 0 unspecified atom stereocenters. The van der Waals surface area contributed by atoms with Gasteiger partial charge < -0.3 is 0 Å². The van der Waals surface area contributed by atoms with Crippen LogP contribution in [0.2, 0.25) is 0 Å². The minimum atomic E-state index is 1.32. The first-order chi connectivity index (χ1) is 58.1. The van der Waals surface area contributed by atoms with Crippen LogP contribution in [0.5, 0.6) is 0 Å². The average Bonchev–Trinajstić information content (AvgIpc) is 0.779. The predicted octanol–water partition coefficient (Wildman–Crippen LogP) is 34.6. The van der Waals surface area contributed by atoms with Gasteiger partial charge in [-0.15, -0.1) is 0 Å². The molecule has 0 amide bonds. The summed E-state index contributed by atoms with van der Waals surface area (Å²) < 4.78 is 0. The van der Waals surface area contributed by atoms with Crippen LogP contribution in [0.4, 0.5) is 0 Å². The van der Waals surface area contributed by atoms with Crippen LogP contribution in [0.3, 0.4) is 0 Å². The zero-order valence-corrected chi connectivity index (χ0v) is 72.6. The molecule has 0 heterocycles. The third kappa shape index (κ3) is 18.1. The molecule has 0 saturated carbocycles. The van der Waals surface area contributed by atoms with E-state index in [0.717, 1.165) is 0 Å². The zero-order valence-electron chi connectivity index (χ0n) is 72.6. The van der Waals surface area contributed by atoms with Gasteiger partial charge >= 0.3 is 0 Å². The molecule has 0 spiro atoms. The van der Waals surface area contributed by atoms with Gasteiger partial charge in [0.15, 0.2) is 0 Å². The summed E-state index contributed by atoms with van der Waals surface area (Å²) in [5, 5.41) is 37.8. The van der Waals surface area contributed by atoms with Gasteiger partial charge in [0.25, 0.3) is 0 Å². The summed E-state index contributed by atoms with van der Waals surface area (Å²) in [6.45, 7) is 34.6. The molecule has 22 aromatic carbocycles. The van der Waals surface area contributed by atoms with Crippen LogP contribution in [0.25, 0.3) is 151 Å². The molecular weight excluding hydrogens is 1440 g/mol. The van der Waals surface area contributed by atoms with E-state index in [0.29, 0.717) is 0 Å². The summed E-state index contributed by atoms with van der Waals surface area (Å²) in [5.74, 6) is 0. The van der Waals surface area contributed by atoms with Crippen molar-refractivity contribution in [3.63, 3.8) is 0 Å². The fraction of sp³-hybridized carbons (Fsp3) is 0.133. The van der Waals surface area contributed by atoms with E-state index in [1.165, 1.54) is 240 Å². The van der Waals surface area contributed by atoms with E-state index in [9.17, 15) is 0 Å². The molecule has 0 atom stereocenters. The highest BCUT2D eigenvalue weighted by molar-refractivity contribution is 6.12. The van der Waals surface area contributed by atoms with Crippen LogP contribution in [0, 0.1) is 111 Å². The second kappa shape index (κ2) is 36.1. The van der Waals surface area contributed by atoms with Gasteiger partial charge in [0, 0.05) is 0 Å². The predicted molar refractivity (Wildman–Crippen MR) is 532 cm³/mol. The Bertz CT molecular complexity index is 7190. The lowest BCUT2D eigenvalue weighted by Crippen LogP contribution is -1.84. The Labute approximate surface area is 709 Å². The summed E-state index contributed by atoms with van der Waals surface area (Å²) in [6.07, 6.45) is 0. The fourth-order valence-electron chi connectivity index (χ4n) is 17.4. The van der Waals surface area contributed by atoms with Gasteiger partial charge in [-0.1, -0.05) is 367 Å². The molecule has 120 heavy (non-hydrogen) atoms. The molecule has 22 aromatic rings. The van der Waals surface area contributed by atoms with Crippen LogP contribution in [-0.4, -0.2) is 0 Å². The highest BCUT2D eigenvalue weighted by Gasteiger charge is 2.10. The number of fused-ring (bicyclic) bond motifs is 17. The Morgan fingerprint density at radius 2 is 0.375 bits per heavy atom. The van der Waals surface area contributed by atoms with Crippen molar-refractivity contribution in [1.29, 1.82) is 0 Å². The molecule has 22 rings (SSSR count). The van der Waals surface area contributed by atoms with Gasteiger partial charge in [-0.25, -0.2) is 0 Å². The molecule has 0 aliphatic heterocycles. The smallest absolute Gasteiger partial charge is 0.00735 e. The SMILES string of the molecule is Cc1cc2ccccc2c2c(C)cccc12.Cc1ccc2cc(C)ccc2c1.Cc1ccc2cc3cc(C)ccc3cc2c1.Cc1ccc2ccc3c(C)cccc3c2c1.Cc1ccc2ccc3c(C)cccc3c2c1.Cc1cccc2c(C)c3ccccc3cc12.Cc1cccc2c(C)cccc12.Cc1cccc2cc3c(C)cccc3cc12. The monoisotopic (exact) mass is 1550 g/mol. The Morgan fingerprint density at radius 3 is 0.808 bits per heavy atom. The van der Waals surface area contributed by atoms with Crippen LogP contribution < -0.4 is 0 Å². The number of benzene rings is 22. The van der Waals surface area contributed by atoms with E-state index in [-0.39, 0.29) is 0 Å². The normalized spacial score (nSPS) is 11.0. The van der Waals surface area contributed by atoms with Crippen LogP contribution in [-0.2, 0) is 0 Å². The summed E-state index contributed by atoms with van der Waals surface area (Å²) in [7, 11) is 0. The van der Waals surface area contributed by atoms with E-state index < -0.39 is 0 Å². The van der Waals surface area contributed by atoms with Crippen molar-refractivity contribution in [3.8, 4) is 0 Å². The molecular formula is C120H108. The Hall–Kier alpha value is -13.5. The van der Waals surface area contributed by atoms with Gasteiger partial charge in [0.2, 0.25) is 0 Å². The Morgan fingerprint density at radius 1 is 0.108 bits per heavy atom. The molecule has 0 bridgehead atoms. The Balaban J connectivity index is 0.000000107. The first-order valence-electron chi connectivity index (χ1n) is 42.3. The van der Waals surface area contributed by atoms with Crippen molar-refractivity contribution in [2.75, 3.05) is 0 Å². The standard InChI is InChI=1S/6C16H14.2C12H12/c1-11-3-5-13-10-16-8-12(2)4-6-14(16)9-15(13)7-11;1-11-5-3-7-13-10-16-12(2)6-4-8-14(16)9-15(11)13;1-11-6-5-9-15-12(2)14-8-4-3-7-13(14)10-16(11)15;1-11-6-5-9-14-12(2)10-13-7-3-4-8-15(13)16(11)14;2*1-11-6-7-13-8-9-14-12(2)4-3-5-15(14)16(13)10-11;1-9-3-5-12-8-10(2)4-6-11(12)7-9;1-9-5-3-8-12-10(2)6-4-7-11(9)12/h6*3-10H,1-2H3;2*3-8H,1-2H3. The average molecular weight is 1550 g/mol. The molecule has 0 aromatic heterocycles. The topological polar surface area (TPSA) is 0 Å². The number of aryl methyl sites for hydroxylation is 16. The maximum Gasteiger partial charge on any atom is -0.00735 e. The second-order valence-electron chi connectivity index (χ2n) is 33.3. The van der Waals surface area contributed by atoms with E-state index in [2.05, 4.69) is 475 Å². The van der Waals surface area contributed by atoms with Gasteiger partial charge in [0.05, 0.1) is 0 Å². The zero-order chi connectivity index (χ0) is 83.8. The molecule has 0 aliphatic rings. The van der Waals surface area contributed by atoms with E-state index >= 15 is 0 Å². The van der Waals surface area contributed by atoms with Crippen molar-refractivity contribution in [1.82, 2.24) is 0 Å². The lowest BCUT2D eigenvalue weighted by molar-refractivity contribution is 1.47. The quantitative estimate of drug-likeness (QED) is 0.105. The van der Waals surface area contributed by atoms with E-state index in [1.54, 1.807) is 0 Å². The van der Waals surface area contributed by atoms with Gasteiger partial charge in [-0.2, -0.15) is 0 Å². The molecule has 0 N–H and O–H groups in total. The van der Waals surface area contributed by atoms with Gasteiger partial charge in [-0.05, 0) is 348 Å². The molecule has 0 fully saturated rings. The minimum absolute atomic E-state index is 1.32. The molecule has 0 heteroatoms. The first-order valence-corrected chi connectivity index (χ1v) is 42.3. The summed E-state index contributed by atoms with van der Waals surface area (Å²) >= 11 is 0. The Kier molecular flexibility index (Phi) is 24.6. The van der Waals surface area contributed by atoms with Gasteiger partial charge in [-0.3, -0.25) is 0 Å². The van der Waals surface area contributed by atoms with Crippen molar-refractivity contribution < 1.29 is 0 Å². The molecule has 0 radical (unpaired) electrons. The van der Waals surface area contributed by atoms with Crippen molar-refractivity contribution in [2.24, 2.45) is 0 Å². The lowest BCUT2D eigenvalue weighted by atomic mass is 9.95. The summed E-state index contributed by atoms with van der Waals surface area (Å²) in [6, 6.07) is 131. The van der Waals surface area contributed by atoms with E-state index in [4.69, 9.17) is 0 Å². The molecule has 0 nitrogen and oxygen atoms in total. The minimum Gasteiger partial charge on any atom is -0.0616 e. The van der Waals surface area contributed by atoms with Crippen molar-refractivity contribution >= 4 is 151 Å². The third-order valence-electron chi connectivity index (χ3n) is 24.1. The number of rotatable bonds is 0. The highest BCUT2D eigenvalue weighted by atomic mass is 14.1. The third-order valence-corrected chi connectivity index (χ3v) is 24.1. The first kappa shape index (κ1) is 81.6. The summed E-state index contributed by atoms with van der Waals surface area (Å²) in [4.78, 5) is 0. The molecule has 0 aliphatic carbocycles. The van der Waals surface area contributed by atoms with Gasteiger partial charge in [0.1, 0.15) is 0 Å². The largest absolute Gasteiger partial charge is 0.0616 e. The van der Waals surface area contributed by atoms with E-state index in [1.807, 2.05) is 0 Å². The lowest BCUT2D eigenvalue weighted by Gasteiger charge is -2.09. The number of hydrogen-bond acceptors (Lipinski definition) is 0. The molecule has 588 valence electrons. The second-order valence-corrected chi connectivity index (χ2v) is 33.3. The fourth-order valence-corrected chi connectivity index (χ4v) is 17.4. The number of hydrogen-bond donors (Lipinski definition) is 0. The van der Waals surface area contributed by atoms with Crippen molar-refractivity contribution in [2.45, 2.75) is 111 Å². The molecule has 0 saturated heterocycles. The van der Waals surface area contributed by atoms with Crippen molar-refractivity contribution in [3.05, 3.63) is 453 Å². The highest BCUT2D eigenvalue weighted by Crippen LogP contribution is 2.36. The maximum absolute atomic E-state index is 2.30.